The van der Waals surface area contributed by atoms with Gasteiger partial charge in [-0.25, -0.2) is 5.43 Å². The maximum Gasteiger partial charge on any atom is 0.161 e. The fourth-order valence-electron chi connectivity index (χ4n) is 3.57. The Morgan fingerprint density at radius 2 is 2.16 bits per heavy atom. The minimum Gasteiger partial charge on any atom is -0.328 e. The summed E-state index contributed by atoms with van der Waals surface area (Å²) in [7, 11) is 0. The topological polar surface area (TPSA) is 41.1 Å². The summed E-state index contributed by atoms with van der Waals surface area (Å²) in [6.45, 7) is 13.2. The molecule has 3 nitrogen and oxygen atoms in total. The maximum atomic E-state index is 11.9. The third kappa shape index (κ3) is 5.30. The highest BCUT2D eigenvalue weighted by molar-refractivity contribution is 5.98. The summed E-state index contributed by atoms with van der Waals surface area (Å²) >= 11 is 0. The molecule has 0 aromatic carbocycles. The summed E-state index contributed by atoms with van der Waals surface area (Å²) in [6.07, 6.45) is 13.2. The van der Waals surface area contributed by atoms with E-state index in [9.17, 15) is 4.79 Å². The van der Waals surface area contributed by atoms with Crippen molar-refractivity contribution in [3.8, 4) is 0 Å². The van der Waals surface area contributed by atoms with E-state index in [1.165, 1.54) is 29.6 Å². The zero-order chi connectivity index (χ0) is 18.4. The molecule has 0 fully saturated rings. The SMILES string of the molecule is C=C1/C=C(\CC(C)C)C2=CCC(CCC)C=C2CNNC=C1C(C)=O. The number of fused-ring (bicyclic) bond motifs is 1. The molecule has 0 saturated heterocycles. The summed E-state index contributed by atoms with van der Waals surface area (Å²) in [4.78, 5) is 11.9. The molecule has 0 amide bonds. The van der Waals surface area contributed by atoms with Crippen LogP contribution in [0.25, 0.3) is 0 Å². The van der Waals surface area contributed by atoms with Crippen LogP contribution >= 0.6 is 0 Å². The van der Waals surface area contributed by atoms with Crippen molar-refractivity contribution < 1.29 is 4.79 Å². The lowest BCUT2D eigenvalue weighted by atomic mass is 9.81. The van der Waals surface area contributed by atoms with Crippen LogP contribution in [0.3, 0.4) is 0 Å². The lowest BCUT2D eigenvalue weighted by molar-refractivity contribution is -0.113. The summed E-state index contributed by atoms with van der Waals surface area (Å²) in [5.41, 5.74) is 11.7. The minimum atomic E-state index is 0.0245. The molecule has 1 unspecified atom stereocenters. The normalized spacial score (nSPS) is 23.6. The van der Waals surface area contributed by atoms with E-state index < -0.39 is 0 Å². The van der Waals surface area contributed by atoms with Gasteiger partial charge < -0.3 is 5.43 Å². The quantitative estimate of drug-likeness (QED) is 0.757. The highest BCUT2D eigenvalue weighted by Crippen LogP contribution is 2.34. The molecule has 0 spiro atoms. The fraction of sp³-hybridized carbons (Fsp3) is 0.500. The number of hydrazine groups is 1. The van der Waals surface area contributed by atoms with Gasteiger partial charge in [0.05, 0.1) is 0 Å². The van der Waals surface area contributed by atoms with Gasteiger partial charge in [-0.1, -0.05) is 52.0 Å². The van der Waals surface area contributed by atoms with Gasteiger partial charge in [0.25, 0.3) is 0 Å². The van der Waals surface area contributed by atoms with Crippen LogP contribution in [0.15, 0.2) is 58.9 Å². The molecule has 0 saturated carbocycles. The van der Waals surface area contributed by atoms with Gasteiger partial charge in [0, 0.05) is 18.3 Å². The van der Waals surface area contributed by atoms with Gasteiger partial charge in [-0.05, 0) is 60.3 Å². The summed E-state index contributed by atoms with van der Waals surface area (Å²) in [6, 6.07) is 0. The molecule has 3 heteroatoms. The Labute approximate surface area is 152 Å². The smallest absolute Gasteiger partial charge is 0.161 e. The number of nitrogens with one attached hydrogen (secondary N) is 2. The molecule has 2 N–H and O–H groups in total. The number of hydrogen-bond acceptors (Lipinski definition) is 3. The van der Waals surface area contributed by atoms with Gasteiger partial charge in [-0.3, -0.25) is 4.79 Å². The van der Waals surface area contributed by atoms with E-state index in [1.807, 2.05) is 0 Å². The second kappa shape index (κ2) is 9.00. The Morgan fingerprint density at radius 3 is 2.80 bits per heavy atom. The first-order valence-corrected chi connectivity index (χ1v) is 9.43. The maximum absolute atomic E-state index is 11.9. The molecule has 1 heterocycles. The zero-order valence-electron chi connectivity index (χ0n) is 16.1. The Balaban J connectivity index is 2.43. The molecule has 25 heavy (non-hydrogen) atoms. The second-order valence-electron chi connectivity index (χ2n) is 7.50. The van der Waals surface area contributed by atoms with E-state index in [4.69, 9.17) is 0 Å². The van der Waals surface area contributed by atoms with Gasteiger partial charge in [-0.15, -0.1) is 0 Å². The first-order chi connectivity index (χ1) is 11.9. The van der Waals surface area contributed by atoms with E-state index in [1.54, 1.807) is 13.1 Å². The Kier molecular flexibility index (Phi) is 7.01. The highest BCUT2D eigenvalue weighted by Gasteiger charge is 2.20. The number of Topliss-reactive ketones (excluding diaryl/α,β-unsaturated/α-hetero) is 1. The molecule has 2 rings (SSSR count). The molecule has 0 bridgehead atoms. The number of hydrogen-bond donors (Lipinski definition) is 2. The monoisotopic (exact) mass is 340 g/mol. The van der Waals surface area contributed by atoms with Crippen molar-refractivity contribution in [2.75, 3.05) is 6.54 Å². The predicted molar refractivity (Wildman–Crippen MR) is 106 cm³/mol. The number of rotatable bonds is 5. The third-order valence-corrected chi connectivity index (χ3v) is 4.71. The van der Waals surface area contributed by atoms with Crippen LogP contribution in [0.2, 0.25) is 0 Å². The van der Waals surface area contributed by atoms with E-state index in [2.05, 4.69) is 56.4 Å². The summed E-state index contributed by atoms with van der Waals surface area (Å²) in [5.74, 6) is 1.20. The van der Waals surface area contributed by atoms with Crippen LogP contribution in [0.1, 0.15) is 53.4 Å². The molecule has 136 valence electrons. The van der Waals surface area contributed by atoms with Crippen molar-refractivity contribution in [1.29, 1.82) is 0 Å². The van der Waals surface area contributed by atoms with Crippen LogP contribution in [-0.4, -0.2) is 12.3 Å². The fourth-order valence-corrected chi connectivity index (χ4v) is 3.57. The van der Waals surface area contributed by atoms with E-state index in [0.717, 1.165) is 25.0 Å². The van der Waals surface area contributed by atoms with Crippen LogP contribution in [0, 0.1) is 11.8 Å². The second-order valence-corrected chi connectivity index (χ2v) is 7.50. The van der Waals surface area contributed by atoms with Gasteiger partial charge >= 0.3 is 0 Å². The largest absolute Gasteiger partial charge is 0.328 e. The van der Waals surface area contributed by atoms with Crippen LogP contribution < -0.4 is 10.9 Å². The number of ketones is 1. The Bertz CT molecular complexity index is 647. The lowest BCUT2D eigenvalue weighted by Crippen LogP contribution is -2.31. The molecule has 0 aromatic rings. The molecule has 0 radical (unpaired) electrons. The average Bonchev–Trinajstić information content (AvgIpc) is 2.53. The Hall–Kier alpha value is -1.87. The van der Waals surface area contributed by atoms with Gasteiger partial charge in [0.15, 0.2) is 5.78 Å². The first-order valence-electron chi connectivity index (χ1n) is 9.43. The van der Waals surface area contributed by atoms with E-state index in [-0.39, 0.29) is 5.78 Å². The highest BCUT2D eigenvalue weighted by atomic mass is 16.1. The van der Waals surface area contributed by atoms with Crippen molar-refractivity contribution in [2.45, 2.75) is 53.4 Å². The van der Waals surface area contributed by atoms with Gasteiger partial charge in [0.2, 0.25) is 0 Å². The number of allylic oxidation sites excluding steroid dienone is 6. The molecule has 1 atom stereocenters. The van der Waals surface area contributed by atoms with Gasteiger partial charge in [0.1, 0.15) is 0 Å². The van der Waals surface area contributed by atoms with Crippen LogP contribution in [0.4, 0.5) is 0 Å². The van der Waals surface area contributed by atoms with Crippen molar-refractivity contribution in [1.82, 2.24) is 10.9 Å². The van der Waals surface area contributed by atoms with Crippen LogP contribution in [0.5, 0.6) is 0 Å². The molecule has 0 aromatic heterocycles. The first kappa shape index (κ1) is 19.5. The van der Waals surface area contributed by atoms with Crippen molar-refractivity contribution in [3.05, 3.63) is 58.9 Å². The summed E-state index contributed by atoms with van der Waals surface area (Å²) in [5, 5.41) is 0. The lowest BCUT2D eigenvalue weighted by Gasteiger charge is -2.26. The van der Waals surface area contributed by atoms with E-state index in [0.29, 0.717) is 17.4 Å². The van der Waals surface area contributed by atoms with Crippen molar-refractivity contribution in [3.63, 3.8) is 0 Å². The van der Waals surface area contributed by atoms with E-state index >= 15 is 0 Å². The molecule has 1 aliphatic heterocycles. The Morgan fingerprint density at radius 1 is 1.40 bits per heavy atom. The molecule has 2 aliphatic rings. The molecular weight excluding hydrogens is 308 g/mol. The number of carbonyl (C=O) groups is 1. The zero-order valence-corrected chi connectivity index (χ0v) is 16.1. The third-order valence-electron chi connectivity index (χ3n) is 4.71. The average molecular weight is 341 g/mol. The summed E-state index contributed by atoms with van der Waals surface area (Å²) < 4.78 is 0. The number of carbonyl (C=O) groups excluding carboxylic acids is 1. The minimum absolute atomic E-state index is 0.0245. The standard InChI is InChI=1S/C22H32N2O/c1-6-7-18-8-9-21-19(10-15(2)3)11-16(4)22(17(5)25)14-24-23-13-20(21)12-18/h9,11-12,14-15,18,23-24H,4,6-8,10,13H2,1-3,5H3/b19-11+,22-14?. The predicted octanol–water partition coefficient (Wildman–Crippen LogP) is 4.77. The van der Waals surface area contributed by atoms with Crippen molar-refractivity contribution in [2.24, 2.45) is 11.8 Å². The molecular formula is C22H32N2O. The van der Waals surface area contributed by atoms with Crippen molar-refractivity contribution >= 4 is 5.78 Å². The van der Waals surface area contributed by atoms with Gasteiger partial charge in [-0.2, -0.15) is 0 Å². The van der Waals surface area contributed by atoms with Crippen LogP contribution in [-0.2, 0) is 4.79 Å². The molecule has 1 aliphatic carbocycles.